The number of para-hydroxylation sites is 6. The molecule has 4 nitrogen and oxygen atoms in total. The minimum absolute atomic E-state index is 0.836. The van der Waals surface area contributed by atoms with Gasteiger partial charge in [-0.1, -0.05) is 152 Å². The standard InChI is InChI=1S/C58H36N2O2/c1-2-17-38-36-39(33-32-37(38)16-1)59(48-25-9-5-20-42(48)44-24-15-31-55-56(44)47-23-8-14-30-54(47)61-55)52-35-34-45-43-21-7-13-29-53(43)62-58(45)57(52)46-22-6-12-28-51(46)60-49-26-10-3-18-40(49)41-19-4-11-27-50(41)60/h1-36H. The Kier molecular flexibility index (Phi) is 7.57. The molecule has 4 heteroatoms. The number of hydrogen-bond donors (Lipinski definition) is 0. The van der Waals surface area contributed by atoms with Gasteiger partial charge in [-0.3, -0.25) is 0 Å². The summed E-state index contributed by atoms with van der Waals surface area (Å²) < 4.78 is 16.0. The van der Waals surface area contributed by atoms with Crippen LogP contribution in [0.4, 0.5) is 17.1 Å². The van der Waals surface area contributed by atoms with E-state index < -0.39 is 0 Å². The maximum atomic E-state index is 7.08. The Morgan fingerprint density at radius 1 is 0.355 bits per heavy atom. The van der Waals surface area contributed by atoms with Crippen LogP contribution in [0.2, 0.25) is 0 Å². The van der Waals surface area contributed by atoms with Crippen molar-refractivity contribution in [3.63, 3.8) is 0 Å². The van der Waals surface area contributed by atoms with Crippen LogP contribution < -0.4 is 4.90 Å². The van der Waals surface area contributed by atoms with Gasteiger partial charge in [0, 0.05) is 49.1 Å². The molecule has 3 aromatic heterocycles. The summed E-state index contributed by atoms with van der Waals surface area (Å²) in [7, 11) is 0. The van der Waals surface area contributed by atoms with Crippen LogP contribution in [0, 0.1) is 0 Å². The Morgan fingerprint density at radius 2 is 0.952 bits per heavy atom. The highest BCUT2D eigenvalue weighted by Crippen LogP contribution is 2.51. The van der Waals surface area contributed by atoms with Gasteiger partial charge < -0.3 is 18.3 Å². The molecular weight excluding hydrogens is 757 g/mol. The molecule has 0 spiro atoms. The van der Waals surface area contributed by atoms with Gasteiger partial charge in [0.25, 0.3) is 0 Å². The summed E-state index contributed by atoms with van der Waals surface area (Å²) in [6, 6.07) is 78.0. The summed E-state index contributed by atoms with van der Waals surface area (Å²) in [4.78, 5) is 2.44. The van der Waals surface area contributed by atoms with E-state index in [-0.39, 0.29) is 0 Å². The van der Waals surface area contributed by atoms with Gasteiger partial charge in [-0.2, -0.15) is 0 Å². The highest BCUT2D eigenvalue weighted by Gasteiger charge is 2.28. The molecule has 0 aliphatic carbocycles. The largest absolute Gasteiger partial charge is 0.456 e. The van der Waals surface area contributed by atoms with Crippen LogP contribution in [-0.2, 0) is 0 Å². The van der Waals surface area contributed by atoms with Crippen molar-refractivity contribution >= 4 is 93.5 Å². The van der Waals surface area contributed by atoms with Crippen molar-refractivity contribution in [2.24, 2.45) is 0 Å². The lowest BCUT2D eigenvalue weighted by Crippen LogP contribution is -2.13. The Balaban J connectivity index is 1.16. The monoisotopic (exact) mass is 792 g/mol. The van der Waals surface area contributed by atoms with E-state index in [0.717, 1.165) is 105 Å². The van der Waals surface area contributed by atoms with Crippen molar-refractivity contribution in [3.8, 4) is 27.9 Å². The minimum atomic E-state index is 0.836. The number of nitrogens with zero attached hydrogens (tertiary/aromatic N) is 2. The van der Waals surface area contributed by atoms with Gasteiger partial charge in [-0.15, -0.1) is 0 Å². The minimum Gasteiger partial charge on any atom is -0.456 e. The summed E-state index contributed by atoms with van der Waals surface area (Å²) in [6.45, 7) is 0. The summed E-state index contributed by atoms with van der Waals surface area (Å²) >= 11 is 0. The number of fused-ring (bicyclic) bond motifs is 10. The lowest BCUT2D eigenvalue weighted by molar-refractivity contribution is 0.669. The van der Waals surface area contributed by atoms with Gasteiger partial charge in [-0.05, 0) is 83.1 Å². The van der Waals surface area contributed by atoms with Crippen LogP contribution in [-0.4, -0.2) is 4.57 Å². The maximum Gasteiger partial charge on any atom is 0.145 e. The van der Waals surface area contributed by atoms with E-state index in [2.05, 4.69) is 222 Å². The lowest BCUT2D eigenvalue weighted by Gasteiger charge is -2.30. The second-order valence-electron chi connectivity index (χ2n) is 16.0. The molecule has 290 valence electrons. The van der Waals surface area contributed by atoms with Gasteiger partial charge in [0.05, 0.1) is 33.7 Å². The number of aromatic nitrogens is 1. The van der Waals surface area contributed by atoms with Crippen molar-refractivity contribution in [2.75, 3.05) is 4.90 Å². The zero-order chi connectivity index (χ0) is 40.7. The first-order valence-corrected chi connectivity index (χ1v) is 21.1. The van der Waals surface area contributed by atoms with Crippen molar-refractivity contribution in [1.82, 2.24) is 4.57 Å². The van der Waals surface area contributed by atoms with Gasteiger partial charge in [-0.25, -0.2) is 0 Å². The van der Waals surface area contributed by atoms with E-state index in [4.69, 9.17) is 8.83 Å². The molecule has 0 saturated heterocycles. The zero-order valence-electron chi connectivity index (χ0n) is 33.5. The lowest BCUT2D eigenvalue weighted by atomic mass is 9.94. The molecule has 0 fully saturated rings. The van der Waals surface area contributed by atoms with E-state index in [9.17, 15) is 0 Å². The smallest absolute Gasteiger partial charge is 0.145 e. The molecular formula is C58H36N2O2. The number of anilines is 3. The molecule has 0 saturated carbocycles. The van der Waals surface area contributed by atoms with Crippen LogP contribution >= 0.6 is 0 Å². The fraction of sp³-hybridized carbons (Fsp3) is 0. The second-order valence-corrected chi connectivity index (χ2v) is 16.0. The fourth-order valence-electron chi connectivity index (χ4n) is 9.91. The Labute approximate surface area is 356 Å². The molecule has 0 unspecified atom stereocenters. The predicted molar refractivity (Wildman–Crippen MR) is 258 cm³/mol. The molecule has 10 aromatic carbocycles. The first-order chi connectivity index (χ1) is 30.8. The first-order valence-electron chi connectivity index (χ1n) is 21.1. The zero-order valence-corrected chi connectivity index (χ0v) is 33.5. The molecule has 0 N–H and O–H groups in total. The van der Waals surface area contributed by atoms with E-state index in [0.29, 0.717) is 0 Å². The van der Waals surface area contributed by atoms with E-state index in [1.54, 1.807) is 0 Å². The number of benzene rings is 10. The molecule has 13 aromatic rings. The van der Waals surface area contributed by atoms with E-state index >= 15 is 0 Å². The number of rotatable bonds is 6. The summed E-state index contributed by atoms with van der Waals surface area (Å²) in [5, 5.41) is 9.11. The van der Waals surface area contributed by atoms with Gasteiger partial charge >= 0.3 is 0 Å². The maximum absolute atomic E-state index is 7.08. The molecule has 0 radical (unpaired) electrons. The third-order valence-corrected chi connectivity index (χ3v) is 12.6. The highest BCUT2D eigenvalue weighted by molar-refractivity contribution is 6.17. The van der Waals surface area contributed by atoms with Gasteiger partial charge in [0.2, 0.25) is 0 Å². The van der Waals surface area contributed by atoms with Crippen LogP contribution in [0.5, 0.6) is 0 Å². The Morgan fingerprint density at radius 3 is 1.76 bits per heavy atom. The summed E-state index contributed by atoms with van der Waals surface area (Å²) in [6.07, 6.45) is 0. The van der Waals surface area contributed by atoms with Crippen molar-refractivity contribution < 1.29 is 8.83 Å². The highest BCUT2D eigenvalue weighted by atomic mass is 16.3. The Hall–Kier alpha value is -8.34. The van der Waals surface area contributed by atoms with Crippen LogP contribution in [0.25, 0.3) is 104 Å². The van der Waals surface area contributed by atoms with Crippen molar-refractivity contribution in [2.45, 2.75) is 0 Å². The molecule has 0 bridgehead atoms. The number of furan rings is 2. The summed E-state index contributed by atoms with van der Waals surface area (Å²) in [5.41, 5.74) is 14.1. The SMILES string of the molecule is c1ccc(N(c2ccc3ccccc3c2)c2ccc3c(oc4ccccc43)c2-c2ccccc2-n2c3ccccc3c3ccccc32)c(-c2cccc3oc4ccccc4c23)c1. The van der Waals surface area contributed by atoms with Crippen LogP contribution in [0.1, 0.15) is 0 Å². The normalized spacial score (nSPS) is 11.9. The molecule has 0 aliphatic heterocycles. The quantitative estimate of drug-likeness (QED) is 0.168. The first kappa shape index (κ1) is 34.5. The third kappa shape index (κ3) is 5.14. The van der Waals surface area contributed by atoms with Gasteiger partial charge in [0.1, 0.15) is 22.3 Å². The number of hydrogen-bond acceptors (Lipinski definition) is 3. The van der Waals surface area contributed by atoms with Gasteiger partial charge in [0.15, 0.2) is 0 Å². The van der Waals surface area contributed by atoms with Crippen molar-refractivity contribution in [1.29, 1.82) is 0 Å². The molecule has 0 atom stereocenters. The van der Waals surface area contributed by atoms with Crippen LogP contribution in [0.15, 0.2) is 227 Å². The molecule has 0 aliphatic rings. The topological polar surface area (TPSA) is 34.5 Å². The van der Waals surface area contributed by atoms with Crippen molar-refractivity contribution in [3.05, 3.63) is 218 Å². The molecule has 62 heavy (non-hydrogen) atoms. The average molecular weight is 793 g/mol. The summed E-state index contributed by atoms with van der Waals surface area (Å²) in [5.74, 6) is 0. The van der Waals surface area contributed by atoms with E-state index in [1.807, 2.05) is 6.07 Å². The molecule has 0 amide bonds. The molecule has 13 rings (SSSR count). The molecule has 3 heterocycles. The van der Waals surface area contributed by atoms with E-state index in [1.165, 1.54) is 16.2 Å². The second kappa shape index (κ2) is 13.6. The average Bonchev–Trinajstić information content (AvgIpc) is 4.02. The predicted octanol–water partition coefficient (Wildman–Crippen LogP) is 16.5. The van der Waals surface area contributed by atoms with Crippen LogP contribution in [0.3, 0.4) is 0 Å². The fourth-order valence-corrected chi connectivity index (χ4v) is 9.91. The Bertz CT molecular complexity index is 3850. The third-order valence-electron chi connectivity index (χ3n) is 12.6.